The molecule has 0 radical (unpaired) electrons. The fourth-order valence-electron chi connectivity index (χ4n) is 2.58. The van der Waals surface area contributed by atoms with E-state index in [0.717, 1.165) is 29.2 Å². The number of aryl methyl sites for hydroxylation is 1. The van der Waals surface area contributed by atoms with Crippen LogP contribution in [0.2, 0.25) is 0 Å². The molecule has 5 nitrogen and oxygen atoms in total. The van der Waals surface area contributed by atoms with Crippen LogP contribution in [0.4, 0.5) is 11.5 Å². The first-order valence-electron chi connectivity index (χ1n) is 7.83. The van der Waals surface area contributed by atoms with Gasteiger partial charge in [-0.15, -0.1) is 11.8 Å². The molecule has 1 atom stereocenters. The highest BCUT2D eigenvalue weighted by molar-refractivity contribution is 8.00. The number of aromatic nitrogens is 2. The Morgan fingerprint density at radius 1 is 1.42 bits per heavy atom. The number of amides is 1. The van der Waals surface area contributed by atoms with Crippen molar-refractivity contribution in [2.45, 2.75) is 35.6 Å². The second-order valence-electron chi connectivity index (χ2n) is 5.74. The molecule has 1 aliphatic rings. The van der Waals surface area contributed by atoms with Gasteiger partial charge in [0, 0.05) is 28.5 Å². The first-order chi connectivity index (χ1) is 11.5. The molecular formula is C17H20N4OS2. The Labute approximate surface area is 150 Å². The fourth-order valence-corrected chi connectivity index (χ4v) is 4.48. The second kappa shape index (κ2) is 7.44. The van der Waals surface area contributed by atoms with E-state index in [1.165, 1.54) is 11.8 Å². The molecule has 0 unspecified atom stereocenters. The maximum absolute atomic E-state index is 12.8. The molecule has 2 heterocycles. The Balaban J connectivity index is 1.75. The van der Waals surface area contributed by atoms with Crippen LogP contribution < -0.4 is 10.6 Å². The van der Waals surface area contributed by atoms with Crippen LogP contribution in [0.3, 0.4) is 0 Å². The maximum atomic E-state index is 12.8. The zero-order valence-corrected chi connectivity index (χ0v) is 15.4. The number of anilines is 2. The maximum Gasteiger partial charge on any atom is 0.237 e. The Kier molecular flexibility index (Phi) is 5.30. The predicted molar refractivity (Wildman–Crippen MR) is 101 cm³/mol. The van der Waals surface area contributed by atoms with E-state index in [9.17, 15) is 4.79 Å². The number of nitrogens with two attached hydrogens (primary N) is 1. The molecule has 3 rings (SSSR count). The van der Waals surface area contributed by atoms with Gasteiger partial charge in [0.05, 0.1) is 11.4 Å². The minimum Gasteiger partial charge on any atom is -0.384 e. The third-order valence-corrected chi connectivity index (χ3v) is 5.79. The molecule has 24 heavy (non-hydrogen) atoms. The van der Waals surface area contributed by atoms with Crippen molar-refractivity contribution in [3.05, 3.63) is 36.0 Å². The van der Waals surface area contributed by atoms with Gasteiger partial charge >= 0.3 is 0 Å². The lowest BCUT2D eigenvalue weighted by molar-refractivity contribution is -0.116. The monoisotopic (exact) mass is 360 g/mol. The highest BCUT2D eigenvalue weighted by atomic mass is 32.2. The zero-order valence-electron chi connectivity index (χ0n) is 13.7. The lowest BCUT2D eigenvalue weighted by Gasteiger charge is -2.22. The van der Waals surface area contributed by atoms with Crippen LogP contribution in [-0.2, 0) is 4.79 Å². The van der Waals surface area contributed by atoms with Crippen molar-refractivity contribution in [1.82, 2.24) is 9.97 Å². The molecular weight excluding hydrogens is 340 g/mol. The van der Waals surface area contributed by atoms with Crippen molar-refractivity contribution in [2.75, 3.05) is 22.9 Å². The van der Waals surface area contributed by atoms with E-state index in [1.807, 2.05) is 41.8 Å². The number of rotatable bonds is 3. The summed E-state index contributed by atoms with van der Waals surface area (Å²) in [7, 11) is 0. The van der Waals surface area contributed by atoms with E-state index in [-0.39, 0.29) is 5.91 Å². The van der Waals surface area contributed by atoms with Gasteiger partial charge in [0.25, 0.3) is 0 Å². The molecule has 2 aromatic rings. The van der Waals surface area contributed by atoms with E-state index in [2.05, 4.69) is 23.0 Å². The second-order valence-corrected chi connectivity index (χ2v) is 8.16. The normalized spacial score (nSPS) is 17.2. The number of hydrogen-bond donors (Lipinski definition) is 1. The number of nitrogen functional groups attached to an aromatic ring is 1. The molecule has 7 heteroatoms. The molecule has 0 saturated heterocycles. The molecule has 126 valence electrons. The zero-order chi connectivity index (χ0) is 17.1. The van der Waals surface area contributed by atoms with Crippen molar-refractivity contribution in [2.24, 2.45) is 0 Å². The summed E-state index contributed by atoms with van der Waals surface area (Å²) in [6.45, 7) is 4.81. The van der Waals surface area contributed by atoms with Gasteiger partial charge in [-0.25, -0.2) is 9.97 Å². The summed E-state index contributed by atoms with van der Waals surface area (Å²) in [6, 6.07) is 9.82. The number of carbonyl (C=O) groups excluding carboxylic acids is 1. The summed E-state index contributed by atoms with van der Waals surface area (Å²) >= 11 is 3.16. The Morgan fingerprint density at radius 3 is 3.00 bits per heavy atom. The fraction of sp³-hybridized carbons (Fsp3) is 0.353. The third kappa shape index (κ3) is 4.02. The summed E-state index contributed by atoms with van der Waals surface area (Å²) in [6.07, 6.45) is 0.976. The average molecular weight is 361 g/mol. The Hall–Kier alpha value is -1.73. The number of fused-ring (bicyclic) bond motifs is 1. The summed E-state index contributed by atoms with van der Waals surface area (Å²) in [4.78, 5) is 24.3. The molecule has 1 amide bonds. The van der Waals surface area contributed by atoms with Gasteiger partial charge < -0.3 is 10.6 Å². The number of benzene rings is 1. The molecule has 1 aliphatic heterocycles. The minimum absolute atomic E-state index is 0.0748. The van der Waals surface area contributed by atoms with Crippen molar-refractivity contribution < 1.29 is 4.79 Å². The van der Waals surface area contributed by atoms with Crippen molar-refractivity contribution in [1.29, 1.82) is 0 Å². The lowest BCUT2D eigenvalue weighted by Crippen LogP contribution is -2.33. The molecule has 1 aromatic carbocycles. The number of hydrogen-bond acceptors (Lipinski definition) is 6. The lowest BCUT2D eigenvalue weighted by atomic mass is 10.2. The van der Waals surface area contributed by atoms with E-state index >= 15 is 0 Å². The van der Waals surface area contributed by atoms with Crippen LogP contribution >= 0.6 is 23.5 Å². The summed E-state index contributed by atoms with van der Waals surface area (Å²) in [5, 5.41) is 1.04. The number of thioether (sulfide) groups is 2. The molecule has 1 aromatic heterocycles. The van der Waals surface area contributed by atoms with Crippen LogP contribution in [0, 0.1) is 6.92 Å². The summed E-state index contributed by atoms with van der Waals surface area (Å²) in [5.74, 6) is 0.810. The molecule has 0 bridgehead atoms. The van der Waals surface area contributed by atoms with E-state index < -0.39 is 0 Å². The minimum atomic E-state index is 0.0748. The first kappa shape index (κ1) is 17.1. The molecule has 0 saturated carbocycles. The van der Waals surface area contributed by atoms with Crippen LogP contribution in [0.25, 0.3) is 0 Å². The van der Waals surface area contributed by atoms with Crippen LogP contribution in [0.15, 0.2) is 40.4 Å². The van der Waals surface area contributed by atoms with Crippen LogP contribution in [0.1, 0.15) is 19.0 Å². The van der Waals surface area contributed by atoms with Crippen LogP contribution in [-0.4, -0.2) is 33.4 Å². The van der Waals surface area contributed by atoms with E-state index in [1.54, 1.807) is 6.07 Å². The van der Waals surface area contributed by atoms with Crippen molar-refractivity contribution in [3.63, 3.8) is 0 Å². The highest BCUT2D eigenvalue weighted by Gasteiger charge is 2.24. The molecule has 0 fully saturated rings. The summed E-state index contributed by atoms with van der Waals surface area (Å²) < 4.78 is 0. The van der Waals surface area contributed by atoms with E-state index in [0.29, 0.717) is 22.0 Å². The smallest absolute Gasteiger partial charge is 0.237 e. The van der Waals surface area contributed by atoms with Crippen molar-refractivity contribution in [3.8, 4) is 0 Å². The van der Waals surface area contributed by atoms with Gasteiger partial charge in [-0.1, -0.05) is 30.8 Å². The standard InChI is InChI=1S/C17H20N4OS2/c1-11-9-15(18)20-17(19-11)23-10-16(22)21-8-7-12(2)24-14-6-4-3-5-13(14)21/h3-6,9,12H,7-8,10H2,1-2H3,(H2,18,19,20)/t12-/m1/s1. The quantitative estimate of drug-likeness (QED) is 0.668. The molecule has 2 N–H and O–H groups in total. The first-order valence-corrected chi connectivity index (χ1v) is 9.69. The number of nitrogens with zero attached hydrogens (tertiary/aromatic N) is 3. The van der Waals surface area contributed by atoms with Gasteiger partial charge in [-0.3, -0.25) is 4.79 Å². The van der Waals surface area contributed by atoms with Gasteiger partial charge in [-0.2, -0.15) is 0 Å². The highest BCUT2D eigenvalue weighted by Crippen LogP contribution is 2.37. The average Bonchev–Trinajstić information content (AvgIpc) is 2.70. The van der Waals surface area contributed by atoms with Gasteiger partial charge in [0.15, 0.2) is 5.16 Å². The summed E-state index contributed by atoms with van der Waals surface area (Å²) in [5.41, 5.74) is 7.56. The number of carbonyl (C=O) groups is 1. The van der Waals surface area contributed by atoms with Gasteiger partial charge in [0.1, 0.15) is 5.82 Å². The molecule has 0 aliphatic carbocycles. The topological polar surface area (TPSA) is 72.1 Å². The largest absolute Gasteiger partial charge is 0.384 e. The van der Waals surface area contributed by atoms with Gasteiger partial charge in [0.2, 0.25) is 5.91 Å². The Bertz CT molecular complexity index is 733. The SMILES string of the molecule is Cc1cc(N)nc(SCC(=O)N2CC[C@@H](C)Sc3ccccc32)n1. The Morgan fingerprint density at radius 2 is 2.21 bits per heavy atom. The van der Waals surface area contributed by atoms with Gasteiger partial charge in [-0.05, 0) is 25.5 Å². The van der Waals surface area contributed by atoms with E-state index in [4.69, 9.17) is 5.73 Å². The number of para-hydroxylation sites is 1. The molecule has 0 spiro atoms. The predicted octanol–water partition coefficient (Wildman–Crippen LogP) is 3.38. The third-order valence-electron chi connectivity index (χ3n) is 3.72. The van der Waals surface area contributed by atoms with Crippen LogP contribution in [0.5, 0.6) is 0 Å². The van der Waals surface area contributed by atoms with Crippen molar-refractivity contribution >= 4 is 40.9 Å².